The monoisotopic (exact) mass is 535 g/mol. The zero-order valence-electron chi connectivity index (χ0n) is 15.2. The molecular formula is C19H24ClF5OPPd. The fourth-order valence-electron chi connectivity index (χ4n) is 5.09. The van der Waals surface area contributed by atoms with Crippen LogP contribution in [0.25, 0.3) is 0 Å². The molecule has 0 saturated heterocycles. The van der Waals surface area contributed by atoms with Gasteiger partial charge in [-0.15, -0.1) is 0 Å². The fourth-order valence-corrected chi connectivity index (χ4v) is 15.5. The van der Waals surface area contributed by atoms with Gasteiger partial charge in [-0.2, -0.15) is 0 Å². The van der Waals surface area contributed by atoms with E-state index in [1.165, 1.54) is 12.1 Å². The van der Waals surface area contributed by atoms with Crippen LogP contribution in [0.2, 0.25) is 0 Å². The first-order valence-corrected chi connectivity index (χ1v) is 13.1. The number of hydrogen-bond acceptors (Lipinski definition) is 1. The third-order valence-corrected chi connectivity index (χ3v) is 15.4. The molecule has 0 radical (unpaired) electrons. The molecule has 1 aromatic rings. The Morgan fingerprint density at radius 3 is 1.89 bits per heavy atom. The molecule has 9 heteroatoms. The molecule has 28 heavy (non-hydrogen) atoms. The topological polar surface area (TPSA) is 9.23 Å². The van der Waals surface area contributed by atoms with E-state index in [1.54, 1.807) is 0 Å². The van der Waals surface area contributed by atoms with Gasteiger partial charge in [-0.05, 0) is 0 Å². The van der Waals surface area contributed by atoms with Crippen molar-refractivity contribution in [3.8, 4) is 5.75 Å². The van der Waals surface area contributed by atoms with E-state index in [9.17, 15) is 22.0 Å². The van der Waals surface area contributed by atoms with Crippen LogP contribution in [0, 0.1) is 0 Å². The van der Waals surface area contributed by atoms with Crippen molar-refractivity contribution in [3.63, 3.8) is 0 Å². The third-order valence-electron chi connectivity index (χ3n) is 6.30. The first kappa shape index (κ1) is 22.7. The van der Waals surface area contributed by atoms with E-state index < -0.39 is 25.3 Å². The zero-order chi connectivity index (χ0) is 20.6. The third kappa shape index (κ3) is 4.25. The van der Waals surface area contributed by atoms with Crippen LogP contribution >= 0.6 is 18.9 Å². The molecule has 1 aromatic carbocycles. The summed E-state index contributed by atoms with van der Waals surface area (Å²) in [4.78, 5) is 0. The van der Waals surface area contributed by atoms with Crippen molar-refractivity contribution >= 4 is 24.2 Å². The Bertz CT molecular complexity index is 657. The van der Waals surface area contributed by atoms with Gasteiger partial charge in [-0.3, -0.25) is 0 Å². The van der Waals surface area contributed by atoms with E-state index in [2.05, 4.69) is 23.9 Å². The average molecular weight is 536 g/mol. The predicted octanol–water partition coefficient (Wildman–Crippen LogP) is 6.55. The Balaban J connectivity index is 2.03. The molecule has 2 aliphatic carbocycles. The molecule has 2 aliphatic rings. The van der Waals surface area contributed by atoms with E-state index in [0.29, 0.717) is 11.3 Å². The van der Waals surface area contributed by atoms with Gasteiger partial charge < -0.3 is 0 Å². The van der Waals surface area contributed by atoms with E-state index in [-0.39, 0.29) is 3.59 Å². The van der Waals surface area contributed by atoms with Crippen LogP contribution in [0.5, 0.6) is 5.75 Å². The molecule has 0 aliphatic heterocycles. The van der Waals surface area contributed by atoms with Crippen molar-refractivity contribution in [2.24, 2.45) is 0 Å². The van der Waals surface area contributed by atoms with E-state index in [4.69, 9.17) is 11.6 Å². The summed E-state index contributed by atoms with van der Waals surface area (Å²) >= 11 is 10.1. The maximum atomic E-state index is 13.4. The van der Waals surface area contributed by atoms with Gasteiger partial charge in [0.15, 0.2) is 0 Å². The summed E-state index contributed by atoms with van der Waals surface area (Å²) in [5.41, 5.74) is 0.789. The predicted molar refractivity (Wildman–Crippen MR) is 100 cm³/mol. The van der Waals surface area contributed by atoms with Gasteiger partial charge >= 0.3 is 179 Å². The van der Waals surface area contributed by atoms with Crippen LogP contribution in [0.4, 0.5) is 22.0 Å². The number of alkyl halides is 6. The molecule has 1 atom stereocenters. The van der Waals surface area contributed by atoms with Gasteiger partial charge in [-0.25, -0.2) is 0 Å². The molecule has 0 aromatic heterocycles. The molecule has 1 nitrogen and oxygen atoms in total. The van der Waals surface area contributed by atoms with Crippen molar-refractivity contribution in [2.45, 2.75) is 78.6 Å². The minimum atomic E-state index is -5.76. The quantitative estimate of drug-likeness (QED) is 0.174. The van der Waals surface area contributed by atoms with E-state index in [1.807, 2.05) is 6.07 Å². The first-order valence-electron chi connectivity index (χ1n) is 9.57. The second kappa shape index (κ2) is 8.66. The molecule has 0 N–H and O–H groups in total. The number of rotatable bonds is 6. The molecule has 0 amide bonds. The summed E-state index contributed by atoms with van der Waals surface area (Å²) in [6.45, 7) is 0. The second-order valence-corrected chi connectivity index (χ2v) is 15.4. The van der Waals surface area contributed by atoms with Gasteiger partial charge in [0.05, 0.1) is 0 Å². The van der Waals surface area contributed by atoms with Crippen molar-refractivity contribution in [3.05, 3.63) is 24.3 Å². The van der Waals surface area contributed by atoms with E-state index >= 15 is 0 Å². The normalized spacial score (nSPS) is 21.9. The summed E-state index contributed by atoms with van der Waals surface area (Å²) in [6.07, 6.45) is -2.43. The van der Waals surface area contributed by atoms with Gasteiger partial charge in [-0.1, -0.05) is 0 Å². The molecule has 2 fully saturated rings. The molecule has 2 saturated carbocycles. The molecule has 0 spiro atoms. The summed E-state index contributed by atoms with van der Waals surface area (Å²) < 4.78 is 68.4. The molecule has 0 heterocycles. The van der Waals surface area contributed by atoms with Crippen LogP contribution < -0.4 is 10.0 Å². The zero-order valence-corrected chi connectivity index (χ0v) is 18.5. The minimum absolute atomic E-state index is 0.278. The van der Waals surface area contributed by atoms with Gasteiger partial charge in [0.2, 0.25) is 0 Å². The number of benzene rings is 1. The van der Waals surface area contributed by atoms with Gasteiger partial charge in [0, 0.05) is 0 Å². The summed E-state index contributed by atoms with van der Waals surface area (Å²) in [6, 6.07) is 5.92. The van der Waals surface area contributed by atoms with Crippen LogP contribution in [0.1, 0.15) is 51.4 Å². The molecular weight excluding hydrogens is 512 g/mol. The molecule has 0 bridgehead atoms. The van der Waals surface area contributed by atoms with Crippen LogP contribution in [-0.4, -0.2) is 27.2 Å². The Morgan fingerprint density at radius 2 is 1.46 bits per heavy atom. The standard InChI is InChI=1S/C19H24ClF5OP.Pd/c20-13-27(15-7-1-2-8-15,16-9-3-4-10-16)17-11-5-6-14(12-17)26-19(24,25)18(21,22)23;/h5-6,11-13,15-16,27H,1-4,7-10H2;. The number of halogens is 6. The van der Waals surface area contributed by atoms with Crippen molar-refractivity contribution in [2.75, 3.05) is 0 Å². The Morgan fingerprint density at radius 1 is 0.964 bits per heavy atom. The molecule has 3 rings (SSSR count). The Hall–Kier alpha value is 0.0523. The van der Waals surface area contributed by atoms with Crippen LogP contribution in [-0.2, 0) is 19.2 Å². The Labute approximate surface area is 178 Å². The van der Waals surface area contributed by atoms with Crippen LogP contribution in [0.3, 0.4) is 0 Å². The van der Waals surface area contributed by atoms with Crippen molar-refractivity contribution < 1.29 is 45.9 Å². The average Bonchev–Trinajstić information content (AvgIpc) is 3.28. The maximum absolute atomic E-state index is 13.4. The van der Waals surface area contributed by atoms with Crippen molar-refractivity contribution in [1.82, 2.24) is 0 Å². The SMILES string of the molecule is FC(F)(F)C(F)(F)Oc1cccc([PH]([CH](Cl)[Pd])(C2CCCC2)C2CCCC2)c1. The van der Waals surface area contributed by atoms with Gasteiger partial charge in [0.1, 0.15) is 0 Å². The summed E-state index contributed by atoms with van der Waals surface area (Å²) in [7, 11) is -2.44. The first-order chi connectivity index (χ1) is 13.1. The van der Waals surface area contributed by atoms with E-state index in [0.717, 1.165) is 62.7 Å². The number of hydrogen-bond donors (Lipinski definition) is 0. The Kier molecular flexibility index (Phi) is 7.03. The number of ether oxygens (including phenoxy) is 1. The van der Waals surface area contributed by atoms with Crippen LogP contribution in [0.15, 0.2) is 24.3 Å². The molecule has 1 unspecified atom stereocenters. The second-order valence-electron chi connectivity index (χ2n) is 7.81. The summed E-state index contributed by atoms with van der Waals surface area (Å²) in [5.74, 6) is -0.456. The fraction of sp³-hybridized carbons (Fsp3) is 0.684. The van der Waals surface area contributed by atoms with Crippen molar-refractivity contribution in [1.29, 1.82) is 0 Å². The summed E-state index contributed by atoms with van der Waals surface area (Å²) in [5, 5.41) is 0.828. The molecule has 163 valence electrons. The van der Waals surface area contributed by atoms with Gasteiger partial charge in [0.25, 0.3) is 0 Å².